The highest BCUT2D eigenvalue weighted by Crippen LogP contribution is 1.99. The first-order valence-electron chi connectivity index (χ1n) is 5.58. The van der Waals surface area contributed by atoms with Crippen molar-refractivity contribution in [3.05, 3.63) is 18.2 Å². The summed E-state index contributed by atoms with van der Waals surface area (Å²) in [6, 6.07) is 0. The van der Waals surface area contributed by atoms with Crippen LogP contribution in [0.4, 0.5) is 0 Å². The summed E-state index contributed by atoms with van der Waals surface area (Å²) >= 11 is 0. The van der Waals surface area contributed by atoms with Crippen LogP contribution in [0.3, 0.4) is 0 Å². The highest BCUT2D eigenvalue weighted by Gasteiger charge is 1.97. The largest absolute Gasteiger partial charge is 0.337 e. The van der Waals surface area contributed by atoms with Gasteiger partial charge in [0.15, 0.2) is 0 Å². The zero-order valence-corrected chi connectivity index (χ0v) is 9.29. The van der Waals surface area contributed by atoms with Crippen LogP contribution < -0.4 is 5.32 Å². The maximum atomic E-state index is 4.36. The van der Waals surface area contributed by atoms with Crippen LogP contribution in [-0.2, 0) is 13.0 Å². The molecule has 80 valence electrons. The van der Waals surface area contributed by atoms with Gasteiger partial charge in [0, 0.05) is 25.7 Å². The van der Waals surface area contributed by atoms with Gasteiger partial charge in [-0.2, -0.15) is 0 Å². The third kappa shape index (κ3) is 3.92. The standard InChI is InChI=1S/C11H21N3/c1-3-5-8-14-9-11(13-10-14)6-7-12-4-2/h9-10,12H,3-8H2,1-2H3. The van der Waals surface area contributed by atoms with Crippen LogP contribution in [0.5, 0.6) is 0 Å². The van der Waals surface area contributed by atoms with Crippen molar-refractivity contribution in [2.24, 2.45) is 0 Å². The second-order valence-electron chi connectivity index (χ2n) is 3.56. The molecule has 0 aliphatic carbocycles. The normalized spacial score (nSPS) is 10.7. The molecule has 0 unspecified atom stereocenters. The molecule has 0 bridgehead atoms. The molecule has 3 nitrogen and oxygen atoms in total. The van der Waals surface area contributed by atoms with Crippen LogP contribution in [0.15, 0.2) is 12.5 Å². The Morgan fingerprint density at radius 3 is 3.00 bits per heavy atom. The minimum atomic E-state index is 1.03. The SMILES string of the molecule is CCCCn1cnc(CCNCC)c1. The summed E-state index contributed by atoms with van der Waals surface area (Å²) in [5, 5.41) is 3.30. The van der Waals surface area contributed by atoms with Gasteiger partial charge in [0.2, 0.25) is 0 Å². The molecule has 1 rings (SSSR count). The fraction of sp³-hybridized carbons (Fsp3) is 0.727. The van der Waals surface area contributed by atoms with E-state index >= 15 is 0 Å². The van der Waals surface area contributed by atoms with Gasteiger partial charge >= 0.3 is 0 Å². The van der Waals surface area contributed by atoms with Gasteiger partial charge in [-0.25, -0.2) is 4.98 Å². The number of nitrogens with one attached hydrogen (secondary N) is 1. The highest BCUT2D eigenvalue weighted by atomic mass is 15.0. The molecule has 0 atom stereocenters. The smallest absolute Gasteiger partial charge is 0.0949 e. The van der Waals surface area contributed by atoms with E-state index < -0.39 is 0 Å². The Kier molecular flexibility index (Phi) is 5.30. The van der Waals surface area contributed by atoms with Gasteiger partial charge in [-0.15, -0.1) is 0 Å². The van der Waals surface area contributed by atoms with Crippen molar-refractivity contribution in [3.8, 4) is 0 Å². The minimum absolute atomic E-state index is 1.03. The Hall–Kier alpha value is -0.830. The first kappa shape index (κ1) is 11.2. The summed E-state index contributed by atoms with van der Waals surface area (Å²) in [6.45, 7) is 7.51. The Labute approximate surface area is 86.5 Å². The first-order valence-corrected chi connectivity index (χ1v) is 5.58. The van der Waals surface area contributed by atoms with Crippen LogP contribution in [-0.4, -0.2) is 22.6 Å². The molecule has 0 spiro atoms. The third-order valence-corrected chi connectivity index (χ3v) is 2.26. The summed E-state index contributed by atoms with van der Waals surface area (Å²) in [7, 11) is 0. The molecule has 0 radical (unpaired) electrons. The average Bonchev–Trinajstić information content (AvgIpc) is 2.63. The van der Waals surface area contributed by atoms with Crippen LogP contribution >= 0.6 is 0 Å². The maximum Gasteiger partial charge on any atom is 0.0949 e. The number of aromatic nitrogens is 2. The highest BCUT2D eigenvalue weighted by molar-refractivity contribution is 4.97. The van der Waals surface area contributed by atoms with Crippen LogP contribution in [0.1, 0.15) is 32.4 Å². The molecule has 0 fully saturated rings. The Balaban J connectivity index is 2.27. The van der Waals surface area contributed by atoms with Crippen LogP contribution in [0.25, 0.3) is 0 Å². The molecule has 3 heteroatoms. The second-order valence-corrected chi connectivity index (χ2v) is 3.56. The van der Waals surface area contributed by atoms with E-state index in [1.165, 1.54) is 18.5 Å². The number of hydrogen-bond acceptors (Lipinski definition) is 2. The monoisotopic (exact) mass is 195 g/mol. The minimum Gasteiger partial charge on any atom is -0.337 e. The van der Waals surface area contributed by atoms with Gasteiger partial charge in [0.05, 0.1) is 12.0 Å². The van der Waals surface area contributed by atoms with Gasteiger partial charge < -0.3 is 9.88 Å². The number of unbranched alkanes of at least 4 members (excludes halogenated alkanes) is 1. The summed E-state index contributed by atoms with van der Waals surface area (Å²) in [4.78, 5) is 4.36. The van der Waals surface area contributed by atoms with E-state index in [0.717, 1.165) is 26.1 Å². The number of rotatable bonds is 7. The molecule has 1 N–H and O–H groups in total. The van der Waals surface area contributed by atoms with E-state index in [4.69, 9.17) is 0 Å². The molecule has 0 amide bonds. The average molecular weight is 195 g/mol. The van der Waals surface area contributed by atoms with Crippen LogP contribution in [0, 0.1) is 0 Å². The number of nitrogens with zero attached hydrogens (tertiary/aromatic N) is 2. The lowest BCUT2D eigenvalue weighted by atomic mass is 10.3. The van der Waals surface area contributed by atoms with Crippen molar-refractivity contribution in [2.45, 2.75) is 39.7 Å². The molecular weight excluding hydrogens is 174 g/mol. The number of likely N-dealkylation sites (N-methyl/N-ethyl adjacent to an activating group) is 1. The van der Waals surface area contributed by atoms with E-state index in [1.807, 2.05) is 6.33 Å². The van der Waals surface area contributed by atoms with Gasteiger partial charge in [-0.05, 0) is 13.0 Å². The number of hydrogen-bond donors (Lipinski definition) is 1. The lowest BCUT2D eigenvalue weighted by molar-refractivity contribution is 0.630. The fourth-order valence-electron chi connectivity index (χ4n) is 1.39. The summed E-state index contributed by atoms with van der Waals surface area (Å²) in [5.74, 6) is 0. The van der Waals surface area contributed by atoms with Gasteiger partial charge in [-0.1, -0.05) is 20.3 Å². The summed E-state index contributed by atoms with van der Waals surface area (Å²) in [6.07, 6.45) is 7.62. The first-order chi connectivity index (χ1) is 6.86. The van der Waals surface area contributed by atoms with E-state index in [2.05, 4.69) is 34.9 Å². The van der Waals surface area contributed by atoms with Gasteiger partial charge in [-0.3, -0.25) is 0 Å². The molecule has 14 heavy (non-hydrogen) atoms. The maximum absolute atomic E-state index is 4.36. The van der Waals surface area contributed by atoms with E-state index in [9.17, 15) is 0 Å². The van der Waals surface area contributed by atoms with Crippen molar-refractivity contribution in [1.82, 2.24) is 14.9 Å². The summed E-state index contributed by atoms with van der Waals surface area (Å²) < 4.78 is 2.19. The second kappa shape index (κ2) is 6.60. The van der Waals surface area contributed by atoms with E-state index in [0.29, 0.717) is 0 Å². The number of aryl methyl sites for hydroxylation is 1. The lowest BCUT2D eigenvalue weighted by Gasteiger charge is -1.99. The Morgan fingerprint density at radius 1 is 1.43 bits per heavy atom. The predicted octanol–water partition coefficient (Wildman–Crippen LogP) is 1.84. The Bertz CT molecular complexity index is 242. The third-order valence-electron chi connectivity index (χ3n) is 2.26. The zero-order valence-electron chi connectivity index (χ0n) is 9.29. The molecule has 0 aliphatic rings. The van der Waals surface area contributed by atoms with Crippen molar-refractivity contribution in [2.75, 3.05) is 13.1 Å². The van der Waals surface area contributed by atoms with Crippen molar-refractivity contribution in [3.63, 3.8) is 0 Å². The molecule has 0 saturated heterocycles. The lowest BCUT2D eigenvalue weighted by Crippen LogP contribution is -2.16. The van der Waals surface area contributed by atoms with Crippen molar-refractivity contribution in [1.29, 1.82) is 0 Å². The van der Waals surface area contributed by atoms with E-state index in [1.54, 1.807) is 0 Å². The van der Waals surface area contributed by atoms with E-state index in [-0.39, 0.29) is 0 Å². The molecule has 1 aromatic heterocycles. The Morgan fingerprint density at radius 2 is 2.29 bits per heavy atom. The van der Waals surface area contributed by atoms with Gasteiger partial charge in [0.1, 0.15) is 0 Å². The van der Waals surface area contributed by atoms with Crippen molar-refractivity contribution >= 4 is 0 Å². The number of imidazole rings is 1. The quantitative estimate of drug-likeness (QED) is 0.673. The molecule has 0 saturated carbocycles. The molecule has 0 aromatic carbocycles. The molecule has 1 aromatic rings. The van der Waals surface area contributed by atoms with Crippen molar-refractivity contribution < 1.29 is 0 Å². The van der Waals surface area contributed by atoms with Gasteiger partial charge in [0.25, 0.3) is 0 Å². The molecule has 0 aliphatic heterocycles. The predicted molar refractivity (Wildman–Crippen MR) is 59.4 cm³/mol. The topological polar surface area (TPSA) is 29.9 Å². The zero-order chi connectivity index (χ0) is 10.2. The van der Waals surface area contributed by atoms with Crippen LogP contribution in [0.2, 0.25) is 0 Å². The molecule has 1 heterocycles. The molecular formula is C11H21N3. The fourth-order valence-corrected chi connectivity index (χ4v) is 1.39. The summed E-state index contributed by atoms with van der Waals surface area (Å²) in [5.41, 5.74) is 1.20.